The van der Waals surface area contributed by atoms with E-state index in [1.165, 1.54) is 4.31 Å². The molecule has 0 aliphatic carbocycles. The average Bonchev–Trinajstić information content (AvgIpc) is 3.24. The van der Waals surface area contributed by atoms with Crippen LogP contribution in [0.25, 0.3) is 11.0 Å². The molecule has 1 aliphatic heterocycles. The zero-order valence-electron chi connectivity index (χ0n) is 18.0. The highest BCUT2D eigenvalue weighted by atomic mass is 32.2. The van der Waals surface area contributed by atoms with Gasteiger partial charge in [0.15, 0.2) is 0 Å². The van der Waals surface area contributed by atoms with Gasteiger partial charge in [-0.3, -0.25) is 4.79 Å². The first-order valence-corrected chi connectivity index (χ1v) is 12.1. The molecular formula is C22H27N5O4S. The number of rotatable bonds is 8. The number of benzene rings is 2. The Morgan fingerprint density at radius 2 is 2.03 bits per heavy atom. The maximum atomic E-state index is 13.3. The van der Waals surface area contributed by atoms with Crippen LogP contribution in [0.4, 0.5) is 0 Å². The van der Waals surface area contributed by atoms with Crippen molar-refractivity contribution in [3.8, 4) is 0 Å². The molecular weight excluding hydrogens is 430 g/mol. The van der Waals surface area contributed by atoms with Crippen molar-refractivity contribution in [1.82, 2.24) is 24.6 Å². The second kappa shape index (κ2) is 9.76. The summed E-state index contributed by atoms with van der Waals surface area (Å²) in [5.74, 6) is -0.494. The number of fused-ring (bicyclic) bond motifs is 1. The molecule has 0 unspecified atom stereocenters. The van der Waals surface area contributed by atoms with E-state index in [1.807, 2.05) is 30.3 Å². The topological polar surface area (TPSA) is 106 Å². The minimum atomic E-state index is -3.74. The van der Waals surface area contributed by atoms with Gasteiger partial charge in [-0.25, -0.2) is 13.1 Å². The summed E-state index contributed by atoms with van der Waals surface area (Å²) in [6, 6.07) is 14.5. The van der Waals surface area contributed by atoms with Crippen molar-refractivity contribution in [1.29, 1.82) is 0 Å². The lowest BCUT2D eigenvalue weighted by atomic mass is 9.99. The maximum absolute atomic E-state index is 13.3. The fraction of sp³-hybridized carbons (Fsp3) is 0.409. The van der Waals surface area contributed by atoms with E-state index in [1.54, 1.807) is 30.0 Å². The zero-order valence-corrected chi connectivity index (χ0v) is 18.8. The van der Waals surface area contributed by atoms with Gasteiger partial charge in [0, 0.05) is 26.7 Å². The van der Waals surface area contributed by atoms with E-state index in [4.69, 9.17) is 4.74 Å². The van der Waals surface area contributed by atoms with Crippen molar-refractivity contribution >= 4 is 27.0 Å². The van der Waals surface area contributed by atoms with Crippen molar-refractivity contribution in [2.45, 2.75) is 30.8 Å². The summed E-state index contributed by atoms with van der Waals surface area (Å²) in [4.78, 5) is 12.8. The van der Waals surface area contributed by atoms with Crippen LogP contribution in [0.1, 0.15) is 18.4 Å². The first-order chi connectivity index (χ1) is 15.5. The van der Waals surface area contributed by atoms with Crippen LogP contribution < -0.4 is 5.32 Å². The highest BCUT2D eigenvalue weighted by Gasteiger charge is 2.33. The molecule has 4 rings (SSSR count). The number of sulfonamides is 1. The summed E-state index contributed by atoms with van der Waals surface area (Å²) in [6.07, 6.45) is 1.30. The van der Waals surface area contributed by atoms with Crippen molar-refractivity contribution in [2.24, 2.45) is 5.92 Å². The first kappa shape index (κ1) is 22.4. The van der Waals surface area contributed by atoms with Crippen LogP contribution in [0.5, 0.6) is 0 Å². The largest absolute Gasteiger partial charge is 0.383 e. The smallest absolute Gasteiger partial charge is 0.243 e. The monoisotopic (exact) mass is 457 g/mol. The number of carbonyl (C=O) groups excluding carboxylic acids is 1. The zero-order chi connectivity index (χ0) is 22.6. The molecule has 170 valence electrons. The van der Waals surface area contributed by atoms with Crippen molar-refractivity contribution in [2.75, 3.05) is 26.8 Å². The third kappa shape index (κ3) is 4.82. The van der Waals surface area contributed by atoms with Crippen LogP contribution in [0.3, 0.4) is 0 Å². The lowest BCUT2D eigenvalue weighted by Gasteiger charge is -2.31. The normalized spacial score (nSPS) is 17.5. The van der Waals surface area contributed by atoms with Crippen LogP contribution in [-0.2, 0) is 32.6 Å². The molecule has 1 fully saturated rings. The number of ether oxygens (including phenoxy) is 1. The number of nitrogens with one attached hydrogen (secondary N) is 1. The highest BCUT2D eigenvalue weighted by molar-refractivity contribution is 7.89. The fourth-order valence-electron chi connectivity index (χ4n) is 3.91. The number of amides is 1. The number of nitrogens with zero attached hydrogens (tertiary/aromatic N) is 4. The fourth-order valence-corrected chi connectivity index (χ4v) is 5.45. The van der Waals surface area contributed by atoms with Gasteiger partial charge in [0.1, 0.15) is 5.52 Å². The SMILES string of the molecule is COCCn1nnc2cc(S(=O)(=O)N3CCC[C@H](C(=O)NCc4ccccc4)C3)ccc21. The Kier molecular flexibility index (Phi) is 6.83. The van der Waals surface area contributed by atoms with E-state index in [2.05, 4.69) is 15.6 Å². The van der Waals surface area contributed by atoms with Gasteiger partial charge < -0.3 is 10.1 Å². The Morgan fingerprint density at radius 1 is 1.22 bits per heavy atom. The number of methoxy groups -OCH3 is 1. The van der Waals surface area contributed by atoms with Crippen molar-refractivity contribution < 1.29 is 17.9 Å². The van der Waals surface area contributed by atoms with Crippen molar-refractivity contribution in [3.05, 3.63) is 54.1 Å². The van der Waals surface area contributed by atoms with Crippen LogP contribution in [0.15, 0.2) is 53.4 Å². The minimum absolute atomic E-state index is 0.120. The standard InChI is InChI=1S/C22H27N5O4S/c1-31-13-12-27-21-10-9-19(14-20(21)24-25-27)32(29,30)26-11-5-8-18(16-26)22(28)23-15-17-6-3-2-4-7-17/h2-4,6-7,9-10,14,18H,5,8,11-13,15-16H2,1H3,(H,23,28)/t18-/m0/s1. The lowest BCUT2D eigenvalue weighted by molar-refractivity contribution is -0.126. The molecule has 1 N–H and O–H groups in total. The van der Waals surface area contributed by atoms with E-state index >= 15 is 0 Å². The molecule has 0 bridgehead atoms. The quantitative estimate of drug-likeness (QED) is 0.553. The molecule has 0 radical (unpaired) electrons. The van der Waals surface area contributed by atoms with Gasteiger partial charge in [0.2, 0.25) is 15.9 Å². The maximum Gasteiger partial charge on any atom is 0.243 e. The highest BCUT2D eigenvalue weighted by Crippen LogP contribution is 2.26. The van der Waals surface area contributed by atoms with Crippen LogP contribution in [-0.4, -0.2) is 60.4 Å². The molecule has 0 spiro atoms. The van der Waals surface area contributed by atoms with Gasteiger partial charge in [-0.05, 0) is 36.6 Å². The summed E-state index contributed by atoms with van der Waals surface area (Å²) in [7, 11) is -2.13. The molecule has 2 heterocycles. The molecule has 9 nitrogen and oxygen atoms in total. The summed E-state index contributed by atoms with van der Waals surface area (Å²) >= 11 is 0. The van der Waals surface area contributed by atoms with Gasteiger partial charge in [-0.2, -0.15) is 4.31 Å². The summed E-state index contributed by atoms with van der Waals surface area (Å²) in [5.41, 5.74) is 2.27. The van der Waals surface area contributed by atoms with E-state index in [0.717, 1.165) is 11.1 Å². The predicted molar refractivity (Wildman–Crippen MR) is 119 cm³/mol. The molecule has 1 aliphatic rings. The number of piperidine rings is 1. The van der Waals surface area contributed by atoms with Gasteiger partial charge >= 0.3 is 0 Å². The third-order valence-electron chi connectivity index (χ3n) is 5.69. The molecule has 32 heavy (non-hydrogen) atoms. The molecule has 2 aromatic carbocycles. The van der Waals surface area contributed by atoms with E-state index < -0.39 is 10.0 Å². The molecule has 1 saturated heterocycles. The summed E-state index contributed by atoms with van der Waals surface area (Å²) < 4.78 is 34.7. The first-order valence-electron chi connectivity index (χ1n) is 10.6. The van der Waals surface area contributed by atoms with Gasteiger partial charge in [-0.15, -0.1) is 5.10 Å². The Hall–Kier alpha value is -2.82. The van der Waals surface area contributed by atoms with Crippen molar-refractivity contribution in [3.63, 3.8) is 0 Å². The molecule has 3 aromatic rings. The molecule has 10 heteroatoms. The Bertz CT molecular complexity index is 1180. The Morgan fingerprint density at radius 3 is 2.81 bits per heavy atom. The van der Waals surface area contributed by atoms with Gasteiger partial charge in [-0.1, -0.05) is 35.5 Å². The van der Waals surface area contributed by atoms with E-state index in [9.17, 15) is 13.2 Å². The molecule has 1 atom stereocenters. The Balaban J connectivity index is 1.45. The van der Waals surface area contributed by atoms with Crippen LogP contribution in [0.2, 0.25) is 0 Å². The van der Waals surface area contributed by atoms with E-state index in [0.29, 0.717) is 44.6 Å². The number of hydrogen-bond acceptors (Lipinski definition) is 6. The predicted octanol–water partition coefficient (Wildman–Crippen LogP) is 1.79. The third-order valence-corrected chi connectivity index (χ3v) is 7.56. The van der Waals surface area contributed by atoms with Gasteiger partial charge in [0.05, 0.1) is 29.5 Å². The average molecular weight is 458 g/mol. The molecule has 1 amide bonds. The minimum Gasteiger partial charge on any atom is -0.383 e. The summed E-state index contributed by atoms with van der Waals surface area (Å²) in [5, 5.41) is 11.1. The molecule has 1 aromatic heterocycles. The Labute approximate surface area is 187 Å². The number of carbonyl (C=O) groups is 1. The van der Waals surface area contributed by atoms with E-state index in [-0.39, 0.29) is 23.3 Å². The van der Waals surface area contributed by atoms with Crippen LogP contribution in [0, 0.1) is 5.92 Å². The second-order valence-electron chi connectivity index (χ2n) is 7.86. The van der Waals surface area contributed by atoms with Gasteiger partial charge in [0.25, 0.3) is 0 Å². The molecule has 0 saturated carbocycles. The summed E-state index contributed by atoms with van der Waals surface area (Å²) in [6.45, 7) is 2.01. The van der Waals surface area contributed by atoms with Crippen LogP contribution >= 0.6 is 0 Å². The lowest BCUT2D eigenvalue weighted by Crippen LogP contribution is -2.45. The second-order valence-corrected chi connectivity index (χ2v) is 9.80. The number of aromatic nitrogens is 3. The number of hydrogen-bond donors (Lipinski definition) is 1.